The molecule has 0 aromatic heterocycles. The van der Waals surface area contributed by atoms with Crippen LogP contribution in [0.4, 0.5) is 0 Å². The Labute approximate surface area is 94.0 Å². The molecular weight excluding hydrogens is 206 g/mol. The van der Waals surface area contributed by atoms with E-state index in [0.29, 0.717) is 5.56 Å². The molecule has 0 aliphatic heterocycles. The van der Waals surface area contributed by atoms with Crippen LogP contribution < -0.4 is 11.5 Å². The quantitative estimate of drug-likeness (QED) is 0.727. The number of hydrogen-bond acceptors (Lipinski definition) is 3. The molecule has 0 saturated carbocycles. The van der Waals surface area contributed by atoms with Gasteiger partial charge in [-0.15, -0.1) is 0 Å². The molecule has 0 spiro atoms. The molecule has 1 rings (SSSR count). The minimum atomic E-state index is -0.759. The molecule has 0 radical (unpaired) electrons. The predicted octanol–water partition coefficient (Wildman–Crippen LogP) is -0.370. The first-order valence-corrected chi connectivity index (χ1v) is 4.86. The summed E-state index contributed by atoms with van der Waals surface area (Å²) in [5.41, 5.74) is 11.5. The summed E-state index contributed by atoms with van der Waals surface area (Å²) in [4.78, 5) is 23.7. The highest BCUT2D eigenvalue weighted by molar-refractivity contribution is 5.87. The van der Waals surface area contributed by atoms with Gasteiger partial charge in [-0.05, 0) is 5.56 Å². The number of nitrogens with two attached hydrogens (primary N) is 2. The van der Waals surface area contributed by atoms with Gasteiger partial charge in [0.15, 0.2) is 0 Å². The molecule has 1 aromatic carbocycles. The van der Waals surface area contributed by atoms with Crippen molar-refractivity contribution in [3.63, 3.8) is 0 Å². The number of rotatable bonds is 4. The highest BCUT2D eigenvalue weighted by atomic mass is 16.2. The fourth-order valence-corrected chi connectivity index (χ4v) is 1.35. The number of benzene rings is 1. The molecule has 4 N–H and O–H groups in total. The molecule has 1 aromatic rings. The summed E-state index contributed by atoms with van der Waals surface area (Å²) in [5.74, 6) is -0.888. The van der Waals surface area contributed by atoms with Crippen LogP contribution in [-0.2, 0) is 9.59 Å². The summed E-state index contributed by atoms with van der Waals surface area (Å²) >= 11 is 0. The molecule has 1 atom stereocenters. The van der Waals surface area contributed by atoms with Crippen LogP contribution in [0.3, 0.4) is 0 Å². The number of amides is 2. The molecule has 16 heavy (non-hydrogen) atoms. The van der Waals surface area contributed by atoms with E-state index in [4.69, 9.17) is 11.5 Å². The molecule has 0 heterocycles. The van der Waals surface area contributed by atoms with Crippen LogP contribution in [0.25, 0.3) is 0 Å². The summed E-state index contributed by atoms with van der Waals surface area (Å²) in [6.07, 6.45) is 0. The lowest BCUT2D eigenvalue weighted by Gasteiger charge is -2.19. The fraction of sp³-hybridized carbons (Fsp3) is 0.273. The van der Waals surface area contributed by atoms with Gasteiger partial charge in [0.1, 0.15) is 6.04 Å². The number of primary amides is 1. The largest absolute Gasteiger partial charge is 0.368 e. The van der Waals surface area contributed by atoms with E-state index >= 15 is 0 Å². The van der Waals surface area contributed by atoms with Crippen LogP contribution in [0, 0.1) is 0 Å². The van der Waals surface area contributed by atoms with Crippen molar-refractivity contribution in [1.82, 2.24) is 4.90 Å². The zero-order chi connectivity index (χ0) is 12.1. The van der Waals surface area contributed by atoms with E-state index in [1.807, 2.05) is 6.07 Å². The third-order valence-electron chi connectivity index (χ3n) is 2.19. The fourth-order valence-electron chi connectivity index (χ4n) is 1.35. The zero-order valence-corrected chi connectivity index (χ0v) is 9.09. The number of hydrogen-bond donors (Lipinski definition) is 2. The second-order valence-corrected chi connectivity index (χ2v) is 3.55. The van der Waals surface area contributed by atoms with Gasteiger partial charge < -0.3 is 16.4 Å². The van der Waals surface area contributed by atoms with Crippen molar-refractivity contribution in [2.75, 3.05) is 13.6 Å². The van der Waals surface area contributed by atoms with Gasteiger partial charge in [-0.3, -0.25) is 9.59 Å². The molecule has 0 aliphatic rings. The number of likely N-dealkylation sites (N-methyl/N-ethyl adjacent to an activating group) is 1. The van der Waals surface area contributed by atoms with Gasteiger partial charge in [0, 0.05) is 7.05 Å². The number of nitrogens with zero attached hydrogens (tertiary/aromatic N) is 1. The average molecular weight is 221 g/mol. The normalized spacial score (nSPS) is 11.9. The van der Waals surface area contributed by atoms with E-state index < -0.39 is 11.9 Å². The lowest BCUT2D eigenvalue weighted by molar-refractivity contribution is -0.135. The molecular formula is C11H15N3O2. The number of carbonyl (C=O) groups excluding carboxylic acids is 2. The van der Waals surface area contributed by atoms with Crippen molar-refractivity contribution < 1.29 is 9.59 Å². The van der Waals surface area contributed by atoms with Crippen LogP contribution in [0.1, 0.15) is 11.6 Å². The van der Waals surface area contributed by atoms with Crippen molar-refractivity contribution in [2.45, 2.75) is 6.04 Å². The molecule has 0 aliphatic carbocycles. The average Bonchev–Trinajstić information content (AvgIpc) is 2.27. The third-order valence-corrected chi connectivity index (χ3v) is 2.19. The first-order valence-electron chi connectivity index (χ1n) is 4.86. The summed E-state index contributed by atoms with van der Waals surface area (Å²) in [6.45, 7) is -0.126. The van der Waals surface area contributed by atoms with Gasteiger partial charge >= 0.3 is 0 Å². The Bertz CT molecular complexity index is 378. The van der Waals surface area contributed by atoms with Gasteiger partial charge in [0.05, 0.1) is 6.54 Å². The first kappa shape index (κ1) is 12.2. The maximum atomic E-state index is 11.8. The third kappa shape index (κ3) is 3.06. The maximum Gasteiger partial charge on any atom is 0.244 e. The summed E-state index contributed by atoms with van der Waals surface area (Å²) in [7, 11) is 1.50. The van der Waals surface area contributed by atoms with Crippen LogP contribution in [-0.4, -0.2) is 30.3 Å². The second-order valence-electron chi connectivity index (χ2n) is 3.55. The van der Waals surface area contributed by atoms with Crippen LogP contribution in [0.5, 0.6) is 0 Å². The monoisotopic (exact) mass is 221 g/mol. The van der Waals surface area contributed by atoms with Gasteiger partial charge in [-0.25, -0.2) is 0 Å². The van der Waals surface area contributed by atoms with Crippen molar-refractivity contribution in [1.29, 1.82) is 0 Å². The lowest BCUT2D eigenvalue weighted by Crippen LogP contribution is -2.40. The van der Waals surface area contributed by atoms with Crippen molar-refractivity contribution in [3.8, 4) is 0 Å². The maximum absolute atomic E-state index is 11.8. The molecule has 5 heteroatoms. The van der Waals surface area contributed by atoms with Crippen LogP contribution >= 0.6 is 0 Å². The van der Waals surface area contributed by atoms with E-state index in [0.717, 1.165) is 0 Å². The Morgan fingerprint density at radius 2 is 1.88 bits per heavy atom. The van der Waals surface area contributed by atoms with Gasteiger partial charge in [0.25, 0.3) is 0 Å². The smallest absolute Gasteiger partial charge is 0.244 e. The Morgan fingerprint density at radius 1 is 1.31 bits per heavy atom. The van der Waals surface area contributed by atoms with Crippen molar-refractivity contribution in [2.24, 2.45) is 11.5 Å². The lowest BCUT2D eigenvalue weighted by atomic mass is 10.1. The van der Waals surface area contributed by atoms with Crippen molar-refractivity contribution >= 4 is 11.8 Å². The van der Waals surface area contributed by atoms with Crippen molar-refractivity contribution in [3.05, 3.63) is 35.9 Å². The Morgan fingerprint density at radius 3 is 2.38 bits per heavy atom. The minimum Gasteiger partial charge on any atom is -0.368 e. The van der Waals surface area contributed by atoms with E-state index in [2.05, 4.69) is 0 Å². The van der Waals surface area contributed by atoms with E-state index in [9.17, 15) is 9.59 Å². The van der Waals surface area contributed by atoms with E-state index in [-0.39, 0.29) is 12.5 Å². The molecule has 0 bridgehead atoms. The van der Waals surface area contributed by atoms with Gasteiger partial charge in [-0.2, -0.15) is 0 Å². The Balaban J connectivity index is 2.71. The second kappa shape index (κ2) is 5.27. The summed E-state index contributed by atoms with van der Waals surface area (Å²) in [5, 5.41) is 0. The molecule has 0 unspecified atom stereocenters. The molecule has 0 saturated heterocycles. The Hall–Kier alpha value is -1.88. The minimum absolute atomic E-state index is 0.126. The SMILES string of the molecule is CN(CC(N)=O)C(=O)[C@H](N)c1ccccc1. The van der Waals surface area contributed by atoms with Crippen LogP contribution in [0.15, 0.2) is 30.3 Å². The summed E-state index contributed by atoms with van der Waals surface area (Å²) < 4.78 is 0. The van der Waals surface area contributed by atoms with Crippen LogP contribution in [0.2, 0.25) is 0 Å². The van der Waals surface area contributed by atoms with Gasteiger partial charge in [0.2, 0.25) is 11.8 Å². The van der Waals surface area contributed by atoms with Gasteiger partial charge in [-0.1, -0.05) is 30.3 Å². The highest BCUT2D eigenvalue weighted by Crippen LogP contribution is 2.11. The standard InChI is InChI=1S/C11H15N3O2/c1-14(7-9(12)15)11(16)10(13)8-5-3-2-4-6-8/h2-6,10H,7,13H2,1H3,(H2,12,15)/t10-/m1/s1. The predicted molar refractivity (Wildman–Crippen MR) is 60.2 cm³/mol. The topological polar surface area (TPSA) is 89.4 Å². The molecule has 2 amide bonds. The Kier molecular flexibility index (Phi) is 4.02. The first-order chi connectivity index (χ1) is 7.52. The summed E-state index contributed by atoms with van der Waals surface area (Å²) in [6, 6.07) is 8.22. The zero-order valence-electron chi connectivity index (χ0n) is 9.09. The number of carbonyl (C=O) groups is 2. The molecule has 86 valence electrons. The highest BCUT2D eigenvalue weighted by Gasteiger charge is 2.20. The molecule has 0 fully saturated rings. The van der Waals surface area contributed by atoms with E-state index in [1.54, 1.807) is 24.3 Å². The van der Waals surface area contributed by atoms with E-state index in [1.165, 1.54) is 11.9 Å². The molecule has 5 nitrogen and oxygen atoms in total.